The lowest BCUT2D eigenvalue weighted by Gasteiger charge is -2.49. The molecule has 0 N–H and O–H groups in total. The first-order chi connectivity index (χ1) is 50.1. The minimum Gasteiger partial charge on any atom is -0.493 e. The first-order valence-electron chi connectivity index (χ1n) is 41.5. The van der Waals surface area contributed by atoms with E-state index >= 15 is 0 Å². The van der Waals surface area contributed by atoms with Crippen LogP contribution in [0.5, 0.6) is 46.0 Å². The molecule has 12 rings (SSSR count). The monoisotopic (exact) mass is 1390 g/mol. The molecule has 4 fully saturated rings. The number of nitrogens with zero attached hydrogens (tertiary/aromatic N) is 8. The van der Waals surface area contributed by atoms with Gasteiger partial charge in [0.05, 0.1) is 65.6 Å². The number of rotatable bonds is 15. The second kappa shape index (κ2) is 33.4. The van der Waals surface area contributed by atoms with E-state index in [-0.39, 0.29) is 29.1 Å². The molecule has 4 aromatic carbocycles. The number of ether oxygens (including phenoxy) is 8. The van der Waals surface area contributed by atoms with Crippen LogP contribution in [0.4, 0.5) is 0 Å². The summed E-state index contributed by atoms with van der Waals surface area (Å²) in [6.45, 7) is 46.8. The summed E-state index contributed by atoms with van der Waals surface area (Å²) in [5.74, 6) is 4.49. The fourth-order valence-corrected chi connectivity index (χ4v) is 17.3. The highest BCUT2D eigenvalue weighted by atomic mass is 16.5. The molecule has 4 saturated heterocycles. The number of likely N-dealkylation sites (N-methyl/N-ethyl adjacent to an activating group) is 4. The zero-order valence-corrected chi connectivity index (χ0v) is 66.0. The van der Waals surface area contributed by atoms with Gasteiger partial charge < -0.3 is 57.5 Å². The van der Waals surface area contributed by atoms with Gasteiger partial charge in [-0.3, -0.25) is 19.6 Å². The molecule has 0 spiro atoms. The van der Waals surface area contributed by atoms with Gasteiger partial charge in [0.2, 0.25) is 0 Å². The van der Waals surface area contributed by atoms with Crippen LogP contribution in [-0.2, 0) is 25.7 Å². The quantitative estimate of drug-likeness (QED) is 0.113. The zero-order chi connectivity index (χ0) is 79.7. The Morgan fingerprint density at radius 2 is 0.640 bits per heavy atom. The van der Waals surface area contributed by atoms with Crippen molar-refractivity contribution >= 4 is 0 Å². The van der Waals surface area contributed by atoms with E-state index in [0.717, 1.165) is 145 Å². The van der Waals surface area contributed by atoms with Gasteiger partial charge in [-0.2, -0.15) is 0 Å². The summed E-state index contributed by atoms with van der Waals surface area (Å²) >= 11 is 0. The van der Waals surface area contributed by atoms with Gasteiger partial charge in [-0.15, -0.1) is 0 Å². The van der Waals surface area contributed by atoms with Crippen molar-refractivity contribution in [2.75, 3.05) is 155 Å². The Bertz CT molecular complexity index is 3640. The minimum atomic E-state index is -2.70. The zero-order valence-electron chi connectivity index (χ0n) is 74.0. The number of fused-ring (bicyclic) bond motifs is 12. The predicted octanol–water partition coefficient (Wildman–Crippen LogP) is 15.0. The van der Waals surface area contributed by atoms with Gasteiger partial charge in [0.25, 0.3) is 0 Å². The fraction of sp³-hybridized carbons (Fsp3) is 0.714. The van der Waals surface area contributed by atoms with E-state index in [4.69, 9.17) is 48.9 Å². The molecule has 100 heavy (non-hydrogen) atoms. The lowest BCUT2D eigenvalue weighted by atomic mass is 9.84. The number of hydrogen-bond donors (Lipinski definition) is 0. The van der Waals surface area contributed by atoms with Crippen LogP contribution in [0.25, 0.3) is 0 Å². The molecule has 8 aliphatic rings. The third-order valence-electron chi connectivity index (χ3n) is 22.0. The minimum absolute atomic E-state index is 0.0481. The molecule has 0 radical (unpaired) electrons. The summed E-state index contributed by atoms with van der Waals surface area (Å²) in [7, 11) is 8.65. The van der Waals surface area contributed by atoms with E-state index in [1.807, 2.05) is 13.0 Å². The van der Waals surface area contributed by atoms with Crippen LogP contribution < -0.4 is 37.9 Å². The molecule has 0 aliphatic carbocycles. The highest BCUT2D eigenvalue weighted by Gasteiger charge is 2.43. The smallest absolute Gasteiger partial charge is 0.161 e. The Labute approximate surface area is 618 Å². The van der Waals surface area contributed by atoms with Crippen LogP contribution in [-0.4, -0.2) is 225 Å². The molecule has 16 heteroatoms. The van der Waals surface area contributed by atoms with Crippen molar-refractivity contribution in [2.45, 2.75) is 217 Å². The topological polar surface area (TPSA) is 99.8 Å². The summed E-state index contributed by atoms with van der Waals surface area (Å²) in [4.78, 5) is 20.4. The summed E-state index contributed by atoms with van der Waals surface area (Å²) in [6.07, 6.45) is 8.84. The van der Waals surface area contributed by atoms with Gasteiger partial charge in [-0.1, -0.05) is 83.1 Å². The number of benzene rings is 4. The Balaban J connectivity index is 0.000000166. The Morgan fingerprint density at radius 1 is 0.380 bits per heavy atom. The standard InChI is InChI=1S/C22H36N2O2.2C21H34N2O2.C20H32N2O2/c1-15(2)26-21-10-16-8-9-24-13-17(12-22(3,4)5)23(6)14-19(24)18(16)11-20(21)25-7;2*1-7-25-20-10-15-8-9-23-13-16(12-21(2,3)4)22(5)14-18(23)17(15)11-19(20)24-6;1-20(2,3)11-15-12-22-8-7-14-9-18(23-5)19(24-6)10-16(14)17(22)13-21(15)4/h10-11,15,17,19H,8-9,12-14H2,1-7H3;2*10-11,16,18H,7-9,12-14H2,1-6H3;9-10,15,17H,7-8,11-13H2,1-6H3/t17-,19-;2*16-,18-;15-,17-/m1111/s1/i;7D2;;5D3,6D3. The highest BCUT2D eigenvalue weighted by molar-refractivity contribution is 5.53. The van der Waals surface area contributed by atoms with E-state index in [9.17, 15) is 0 Å². The van der Waals surface area contributed by atoms with Crippen molar-refractivity contribution in [1.29, 1.82) is 0 Å². The fourth-order valence-electron chi connectivity index (χ4n) is 17.3. The van der Waals surface area contributed by atoms with Gasteiger partial charge in [-0.25, -0.2) is 0 Å². The molecule has 8 heterocycles. The molecular formula is C84H136N8O8. The average Bonchev–Trinajstić information content (AvgIpc) is 0.779. The maximum Gasteiger partial charge on any atom is 0.161 e. The van der Waals surface area contributed by atoms with Gasteiger partial charge in [0, 0.05) is 127 Å². The lowest BCUT2D eigenvalue weighted by Crippen LogP contribution is -2.55. The van der Waals surface area contributed by atoms with E-state index in [1.54, 1.807) is 33.5 Å². The van der Waals surface area contributed by atoms with Crippen molar-refractivity contribution in [3.8, 4) is 46.0 Å². The van der Waals surface area contributed by atoms with Crippen LogP contribution in [0, 0.1) is 21.7 Å². The molecule has 0 bridgehead atoms. The van der Waals surface area contributed by atoms with Gasteiger partial charge in [0.1, 0.15) is 0 Å². The molecule has 0 unspecified atom stereocenters. The first kappa shape index (κ1) is 68.1. The van der Waals surface area contributed by atoms with Crippen LogP contribution in [0.3, 0.4) is 0 Å². The van der Waals surface area contributed by atoms with E-state index in [2.05, 4.69) is 195 Å². The van der Waals surface area contributed by atoms with Crippen LogP contribution in [0.2, 0.25) is 0 Å². The van der Waals surface area contributed by atoms with Crippen molar-refractivity contribution < 1.29 is 48.9 Å². The molecule has 16 nitrogen and oxygen atoms in total. The molecule has 0 saturated carbocycles. The molecule has 560 valence electrons. The second-order valence-electron chi connectivity index (χ2n) is 35.2. The molecule has 4 aromatic rings. The predicted molar refractivity (Wildman–Crippen MR) is 411 cm³/mol. The maximum atomic E-state index is 7.72. The molecular weight excluding hydrogens is 1250 g/mol. The van der Waals surface area contributed by atoms with Crippen molar-refractivity contribution in [1.82, 2.24) is 39.2 Å². The van der Waals surface area contributed by atoms with Crippen LogP contribution in [0.15, 0.2) is 48.5 Å². The largest absolute Gasteiger partial charge is 0.493 e. The summed E-state index contributed by atoms with van der Waals surface area (Å²) in [5, 5.41) is 0. The third kappa shape index (κ3) is 19.9. The normalized spacial score (nSPS) is 26.2. The van der Waals surface area contributed by atoms with Crippen molar-refractivity contribution in [3.05, 3.63) is 93.0 Å². The van der Waals surface area contributed by atoms with Crippen LogP contribution >= 0.6 is 0 Å². The number of hydrogen-bond acceptors (Lipinski definition) is 16. The van der Waals surface area contributed by atoms with E-state index in [0.29, 0.717) is 76.6 Å². The Hall–Kier alpha value is -5.04. The average molecular weight is 1390 g/mol. The molecule has 8 atom stereocenters. The Morgan fingerprint density at radius 3 is 0.900 bits per heavy atom. The summed E-state index contributed by atoms with van der Waals surface area (Å²) in [5.41, 5.74) is 11.5. The van der Waals surface area contributed by atoms with E-state index in [1.165, 1.54) is 59.6 Å². The SMILES string of the molecule is CCOc1cc2c(cc1OC)[C@H]1CN(C)[C@H](CC(C)(C)C)CN1CC2.COc1cc2c(cc1OC(C)C)CCN1C[C@@H](CC(C)(C)C)N(C)C[C@H]21.[2H]C([2H])(C)Oc1cc2c(cc1OC)[C@H]1CN(C)[C@H](CC(C)(C)C)CN1CC2.[2H]C([2H])([2H])Oc1cc2c(cc1OC([2H])([2H])[2H])[C@H]1CN(C)[C@H](CC(C)(C)C)CN1CC2. The lowest BCUT2D eigenvalue weighted by molar-refractivity contribution is 0.0212. The molecule has 8 aliphatic heterocycles. The first-order valence-corrected chi connectivity index (χ1v) is 37.5. The maximum absolute atomic E-state index is 7.72. The number of methoxy groups -OCH3 is 5. The summed E-state index contributed by atoms with van der Waals surface area (Å²) in [6, 6.07) is 19.9. The van der Waals surface area contributed by atoms with Crippen LogP contribution in [0.1, 0.15) is 216 Å². The molecule has 0 amide bonds. The Kier molecular flexibility index (Phi) is 22.7. The number of piperazine rings is 4. The van der Waals surface area contributed by atoms with Crippen molar-refractivity contribution in [3.63, 3.8) is 0 Å². The second-order valence-corrected chi connectivity index (χ2v) is 35.2. The molecule has 0 aromatic heterocycles. The van der Waals surface area contributed by atoms with Gasteiger partial charge >= 0.3 is 0 Å². The third-order valence-corrected chi connectivity index (χ3v) is 22.0. The van der Waals surface area contributed by atoms with Crippen molar-refractivity contribution in [2.24, 2.45) is 21.7 Å². The summed E-state index contributed by atoms with van der Waals surface area (Å²) < 4.78 is 104. The van der Waals surface area contributed by atoms with E-state index < -0.39 is 20.6 Å². The highest BCUT2D eigenvalue weighted by Crippen LogP contribution is 2.47. The van der Waals surface area contributed by atoms with Gasteiger partial charge in [0.15, 0.2) is 46.0 Å². The van der Waals surface area contributed by atoms with Gasteiger partial charge in [-0.05, 0) is 222 Å².